The Labute approximate surface area is 124 Å². The van der Waals surface area contributed by atoms with Crippen LogP contribution < -0.4 is 4.74 Å². The molecule has 5 N–H and O–H groups in total. The van der Waals surface area contributed by atoms with E-state index in [0.29, 0.717) is 0 Å². The number of phenols is 4. The van der Waals surface area contributed by atoms with Crippen LogP contribution in [0.4, 0.5) is 0 Å². The number of ether oxygens (including phenoxy) is 1. The molecule has 0 aromatic heterocycles. The first-order valence-corrected chi connectivity index (χ1v) is 6.35. The quantitative estimate of drug-likeness (QED) is 0.535. The Morgan fingerprint density at radius 2 is 1.59 bits per heavy atom. The van der Waals surface area contributed by atoms with Gasteiger partial charge < -0.3 is 30.3 Å². The summed E-state index contributed by atoms with van der Waals surface area (Å²) in [6.07, 6.45) is -2.89. The van der Waals surface area contributed by atoms with E-state index in [0.717, 1.165) is 18.2 Å². The summed E-state index contributed by atoms with van der Waals surface area (Å²) in [5.74, 6) is -2.26. The molecule has 2 aromatic carbocycles. The van der Waals surface area contributed by atoms with Crippen molar-refractivity contribution >= 4 is 5.78 Å². The van der Waals surface area contributed by atoms with Crippen LogP contribution in [0.1, 0.15) is 22.0 Å². The standard InChI is InChI=1S/C15H12O7/c16-6-1-2-8(9(18)3-6)15-14(21)13(20)12-10(19)4-7(17)5-11(12)22-15/h1-5,14-19,21H/t14-,15+/m1/s1. The highest BCUT2D eigenvalue weighted by Crippen LogP contribution is 2.43. The van der Waals surface area contributed by atoms with Gasteiger partial charge in [-0.2, -0.15) is 0 Å². The average Bonchev–Trinajstić information content (AvgIpc) is 2.42. The molecular weight excluding hydrogens is 292 g/mol. The predicted molar refractivity (Wildman–Crippen MR) is 73.2 cm³/mol. The number of phenolic OH excluding ortho intramolecular Hbond substituents is 4. The van der Waals surface area contributed by atoms with Gasteiger partial charge in [0, 0.05) is 23.8 Å². The zero-order valence-electron chi connectivity index (χ0n) is 11.1. The van der Waals surface area contributed by atoms with Crippen LogP contribution >= 0.6 is 0 Å². The molecule has 0 bridgehead atoms. The van der Waals surface area contributed by atoms with Crippen molar-refractivity contribution in [3.05, 3.63) is 41.5 Å². The molecule has 7 heteroatoms. The molecule has 0 aliphatic carbocycles. The summed E-state index contributed by atoms with van der Waals surface area (Å²) in [5.41, 5.74) is -0.146. The minimum atomic E-state index is -1.65. The van der Waals surface area contributed by atoms with Crippen molar-refractivity contribution in [1.29, 1.82) is 0 Å². The maximum Gasteiger partial charge on any atom is 0.202 e. The highest BCUT2D eigenvalue weighted by atomic mass is 16.5. The van der Waals surface area contributed by atoms with Gasteiger partial charge in [-0.05, 0) is 12.1 Å². The first-order chi connectivity index (χ1) is 10.4. The number of rotatable bonds is 1. The molecule has 0 spiro atoms. The van der Waals surface area contributed by atoms with Gasteiger partial charge >= 0.3 is 0 Å². The number of carbonyl (C=O) groups is 1. The van der Waals surface area contributed by atoms with E-state index < -0.39 is 23.7 Å². The van der Waals surface area contributed by atoms with Crippen LogP contribution in [-0.4, -0.2) is 37.4 Å². The minimum Gasteiger partial charge on any atom is -0.508 e. The third-order valence-electron chi connectivity index (χ3n) is 3.44. The third kappa shape index (κ3) is 2.08. The van der Waals surface area contributed by atoms with E-state index in [-0.39, 0.29) is 34.1 Å². The molecule has 1 heterocycles. The molecule has 0 radical (unpaired) electrons. The third-order valence-corrected chi connectivity index (χ3v) is 3.44. The largest absolute Gasteiger partial charge is 0.508 e. The van der Waals surface area contributed by atoms with Crippen molar-refractivity contribution in [3.8, 4) is 28.7 Å². The number of benzene rings is 2. The monoisotopic (exact) mass is 304 g/mol. The van der Waals surface area contributed by atoms with E-state index >= 15 is 0 Å². The molecule has 7 nitrogen and oxygen atoms in total. The van der Waals surface area contributed by atoms with Crippen molar-refractivity contribution in [2.75, 3.05) is 0 Å². The molecule has 0 saturated heterocycles. The second-order valence-corrected chi connectivity index (χ2v) is 4.93. The lowest BCUT2D eigenvalue weighted by Gasteiger charge is -2.30. The number of aliphatic hydroxyl groups excluding tert-OH is 1. The van der Waals surface area contributed by atoms with Gasteiger partial charge in [0.2, 0.25) is 5.78 Å². The summed E-state index contributed by atoms with van der Waals surface area (Å²) in [5, 5.41) is 48.4. The second-order valence-electron chi connectivity index (χ2n) is 4.93. The fraction of sp³-hybridized carbons (Fsp3) is 0.133. The Balaban J connectivity index is 2.11. The van der Waals surface area contributed by atoms with Crippen LogP contribution in [0.15, 0.2) is 30.3 Å². The number of hydrogen-bond acceptors (Lipinski definition) is 7. The Morgan fingerprint density at radius 3 is 2.27 bits per heavy atom. The second kappa shape index (κ2) is 4.81. The lowest BCUT2D eigenvalue weighted by Crippen LogP contribution is -2.36. The van der Waals surface area contributed by atoms with Crippen molar-refractivity contribution in [2.45, 2.75) is 12.2 Å². The van der Waals surface area contributed by atoms with Gasteiger partial charge in [0.15, 0.2) is 12.2 Å². The number of ketones is 1. The van der Waals surface area contributed by atoms with E-state index in [2.05, 4.69) is 0 Å². The Bertz CT molecular complexity index is 769. The summed E-state index contributed by atoms with van der Waals surface area (Å²) in [6.45, 7) is 0. The Hall–Kier alpha value is -2.93. The van der Waals surface area contributed by atoms with E-state index in [1.54, 1.807) is 0 Å². The summed E-state index contributed by atoms with van der Waals surface area (Å²) in [7, 11) is 0. The van der Waals surface area contributed by atoms with Gasteiger partial charge in [0.05, 0.1) is 0 Å². The van der Waals surface area contributed by atoms with Gasteiger partial charge in [-0.1, -0.05) is 0 Å². The van der Waals surface area contributed by atoms with Gasteiger partial charge in [-0.15, -0.1) is 0 Å². The van der Waals surface area contributed by atoms with Crippen LogP contribution in [0.5, 0.6) is 28.7 Å². The molecule has 22 heavy (non-hydrogen) atoms. The number of hydrogen-bond donors (Lipinski definition) is 5. The highest BCUT2D eigenvalue weighted by molar-refractivity contribution is 6.05. The topological polar surface area (TPSA) is 127 Å². The van der Waals surface area contributed by atoms with E-state index in [1.807, 2.05) is 0 Å². The Morgan fingerprint density at radius 1 is 0.909 bits per heavy atom. The SMILES string of the molecule is O=C1c2c(O)cc(O)cc2O[C@@H](c2ccc(O)cc2O)[C@@H]1O. The fourth-order valence-electron chi connectivity index (χ4n) is 2.42. The number of carbonyl (C=O) groups excluding carboxylic acids is 1. The molecule has 0 amide bonds. The first kappa shape index (κ1) is 14.0. The fourth-order valence-corrected chi connectivity index (χ4v) is 2.42. The molecule has 1 aliphatic rings. The smallest absolute Gasteiger partial charge is 0.202 e. The van der Waals surface area contributed by atoms with Crippen molar-refractivity contribution in [2.24, 2.45) is 0 Å². The minimum absolute atomic E-state index is 0.0899. The molecule has 2 aromatic rings. The molecule has 3 rings (SSSR count). The summed E-state index contributed by atoms with van der Waals surface area (Å²) in [4.78, 5) is 12.2. The van der Waals surface area contributed by atoms with Gasteiger partial charge in [-0.3, -0.25) is 4.79 Å². The van der Waals surface area contributed by atoms with Gasteiger partial charge in [0.25, 0.3) is 0 Å². The van der Waals surface area contributed by atoms with Crippen LogP contribution in [0.25, 0.3) is 0 Å². The molecular formula is C15H12O7. The maximum atomic E-state index is 12.2. The normalized spacial score (nSPS) is 20.3. The van der Waals surface area contributed by atoms with Crippen LogP contribution in [-0.2, 0) is 0 Å². The van der Waals surface area contributed by atoms with Crippen molar-refractivity contribution < 1.29 is 35.1 Å². The first-order valence-electron chi connectivity index (χ1n) is 6.35. The zero-order chi connectivity index (χ0) is 16.0. The Kier molecular flexibility index (Phi) is 3.07. The molecule has 0 fully saturated rings. The number of aromatic hydroxyl groups is 4. The predicted octanol–water partition coefficient (Wildman–Crippen LogP) is 1.19. The summed E-state index contributed by atoms with van der Waals surface area (Å²) >= 11 is 0. The lowest BCUT2D eigenvalue weighted by molar-refractivity contribution is 0.0203. The van der Waals surface area contributed by atoms with E-state index in [9.17, 15) is 30.3 Å². The molecule has 0 saturated carbocycles. The molecule has 1 aliphatic heterocycles. The average molecular weight is 304 g/mol. The van der Waals surface area contributed by atoms with Crippen LogP contribution in [0.2, 0.25) is 0 Å². The van der Waals surface area contributed by atoms with E-state index in [1.165, 1.54) is 12.1 Å². The molecule has 0 unspecified atom stereocenters. The van der Waals surface area contributed by atoms with Crippen molar-refractivity contribution in [3.63, 3.8) is 0 Å². The van der Waals surface area contributed by atoms with Gasteiger partial charge in [-0.25, -0.2) is 0 Å². The highest BCUT2D eigenvalue weighted by Gasteiger charge is 2.40. The number of Topliss-reactive ketones (excluding diaryl/α,β-unsaturated/α-hetero) is 1. The number of aliphatic hydroxyl groups is 1. The number of fused-ring (bicyclic) bond motifs is 1. The molecule has 114 valence electrons. The van der Waals surface area contributed by atoms with E-state index in [4.69, 9.17) is 4.74 Å². The van der Waals surface area contributed by atoms with Crippen LogP contribution in [0, 0.1) is 0 Å². The maximum absolute atomic E-state index is 12.2. The lowest BCUT2D eigenvalue weighted by atomic mass is 9.92. The zero-order valence-corrected chi connectivity index (χ0v) is 11.1. The summed E-state index contributed by atoms with van der Waals surface area (Å²) in [6, 6.07) is 5.71. The van der Waals surface area contributed by atoms with Crippen LogP contribution in [0.3, 0.4) is 0 Å². The van der Waals surface area contributed by atoms with Crippen molar-refractivity contribution in [1.82, 2.24) is 0 Å². The van der Waals surface area contributed by atoms with Gasteiger partial charge in [0.1, 0.15) is 34.3 Å². The summed E-state index contributed by atoms with van der Waals surface area (Å²) < 4.78 is 5.45. The molecule has 2 atom stereocenters.